The van der Waals surface area contributed by atoms with Gasteiger partial charge in [-0.05, 0) is 23.6 Å². The summed E-state index contributed by atoms with van der Waals surface area (Å²) in [5, 5.41) is 15.6. The first-order valence-electron chi connectivity index (χ1n) is 8.01. The first-order chi connectivity index (χ1) is 12.2. The Bertz CT molecular complexity index is 723. The van der Waals surface area contributed by atoms with Crippen molar-refractivity contribution in [2.45, 2.75) is 32.6 Å². The van der Waals surface area contributed by atoms with E-state index in [2.05, 4.69) is 20.6 Å². The number of halogens is 4. The molecular formula is C17H20ClF3N4O. The molecule has 3 N–H and O–H groups in total. The summed E-state index contributed by atoms with van der Waals surface area (Å²) in [7, 11) is 0. The number of anilines is 2. The molecule has 1 heterocycles. The molecule has 0 unspecified atom stereocenters. The number of nitrogens with zero attached hydrogens (tertiary/aromatic N) is 2. The molecule has 0 aliphatic rings. The van der Waals surface area contributed by atoms with Crippen LogP contribution in [0.2, 0.25) is 5.02 Å². The fourth-order valence-corrected chi connectivity index (χ4v) is 2.26. The number of aliphatic hydroxyl groups is 1. The zero-order valence-corrected chi connectivity index (χ0v) is 15.1. The van der Waals surface area contributed by atoms with Crippen LogP contribution in [0.3, 0.4) is 0 Å². The largest absolute Gasteiger partial charge is 0.433 e. The van der Waals surface area contributed by atoms with E-state index in [0.717, 1.165) is 11.6 Å². The van der Waals surface area contributed by atoms with Gasteiger partial charge in [0.05, 0.1) is 12.6 Å². The fraction of sp³-hybridized carbons (Fsp3) is 0.412. The maximum atomic E-state index is 13.1. The maximum absolute atomic E-state index is 13.1. The molecule has 0 aliphatic heterocycles. The number of aliphatic hydroxyl groups excluding tert-OH is 1. The third-order valence-electron chi connectivity index (χ3n) is 3.72. The van der Waals surface area contributed by atoms with E-state index in [0.29, 0.717) is 5.02 Å². The zero-order chi connectivity index (χ0) is 19.3. The first kappa shape index (κ1) is 20.3. The molecule has 26 heavy (non-hydrogen) atoms. The average molecular weight is 389 g/mol. The van der Waals surface area contributed by atoms with Gasteiger partial charge in [-0.2, -0.15) is 18.2 Å². The number of benzene rings is 1. The summed E-state index contributed by atoms with van der Waals surface area (Å²) in [6, 6.07) is 7.32. The van der Waals surface area contributed by atoms with Crippen LogP contribution >= 0.6 is 11.6 Å². The molecule has 0 amide bonds. The van der Waals surface area contributed by atoms with E-state index in [4.69, 9.17) is 11.6 Å². The smallest absolute Gasteiger partial charge is 0.394 e. The van der Waals surface area contributed by atoms with E-state index in [-0.39, 0.29) is 30.8 Å². The van der Waals surface area contributed by atoms with Crippen LogP contribution in [0.1, 0.15) is 25.1 Å². The molecule has 2 rings (SSSR count). The predicted molar refractivity (Wildman–Crippen MR) is 95.1 cm³/mol. The minimum Gasteiger partial charge on any atom is -0.394 e. The van der Waals surface area contributed by atoms with Crippen LogP contribution in [-0.2, 0) is 12.7 Å². The van der Waals surface area contributed by atoms with Crippen molar-refractivity contribution in [3.05, 3.63) is 46.6 Å². The second-order valence-corrected chi connectivity index (χ2v) is 6.55. The Hall–Kier alpha value is -2.06. The number of nitrogens with one attached hydrogen (secondary N) is 2. The van der Waals surface area contributed by atoms with Crippen molar-refractivity contribution in [1.82, 2.24) is 9.97 Å². The van der Waals surface area contributed by atoms with Gasteiger partial charge < -0.3 is 15.7 Å². The van der Waals surface area contributed by atoms with Crippen molar-refractivity contribution in [2.75, 3.05) is 17.2 Å². The second kappa shape index (κ2) is 8.55. The third kappa shape index (κ3) is 5.74. The molecule has 0 saturated heterocycles. The minimum absolute atomic E-state index is 0.0105. The van der Waals surface area contributed by atoms with Crippen molar-refractivity contribution in [3.8, 4) is 0 Å². The molecule has 0 spiro atoms. The molecule has 0 aliphatic carbocycles. The van der Waals surface area contributed by atoms with Crippen molar-refractivity contribution in [2.24, 2.45) is 5.92 Å². The van der Waals surface area contributed by atoms with E-state index in [1.54, 1.807) is 24.3 Å². The second-order valence-electron chi connectivity index (χ2n) is 6.12. The molecule has 1 atom stereocenters. The third-order valence-corrected chi connectivity index (χ3v) is 3.97. The van der Waals surface area contributed by atoms with Crippen molar-refractivity contribution >= 4 is 23.4 Å². The summed E-state index contributed by atoms with van der Waals surface area (Å²) in [5.74, 6) is -0.167. The number of rotatable bonds is 7. The highest BCUT2D eigenvalue weighted by molar-refractivity contribution is 6.30. The molecule has 0 bridgehead atoms. The highest BCUT2D eigenvalue weighted by Gasteiger charge is 2.34. The van der Waals surface area contributed by atoms with Crippen LogP contribution in [0.15, 0.2) is 30.3 Å². The van der Waals surface area contributed by atoms with Gasteiger partial charge in [-0.1, -0.05) is 37.6 Å². The Kier molecular flexibility index (Phi) is 6.66. The standard InChI is InChI=1S/C17H20ClF3N4O/c1-10(2)13(9-26)23-16-24-14(17(19,20)21)7-15(25-16)22-8-11-3-5-12(18)6-4-11/h3-7,10,13,26H,8-9H2,1-2H3,(H2,22,23,24,25)/t13-/m0/s1. The lowest BCUT2D eigenvalue weighted by Crippen LogP contribution is -2.30. The monoisotopic (exact) mass is 388 g/mol. The van der Waals surface area contributed by atoms with Crippen LogP contribution in [0, 0.1) is 5.92 Å². The highest BCUT2D eigenvalue weighted by Crippen LogP contribution is 2.30. The van der Waals surface area contributed by atoms with Gasteiger partial charge in [-0.3, -0.25) is 0 Å². The summed E-state index contributed by atoms with van der Waals surface area (Å²) in [4.78, 5) is 7.60. The quantitative estimate of drug-likeness (QED) is 0.663. The van der Waals surface area contributed by atoms with Crippen molar-refractivity contribution < 1.29 is 18.3 Å². The molecule has 9 heteroatoms. The molecule has 142 valence electrons. The van der Waals surface area contributed by atoms with E-state index in [9.17, 15) is 18.3 Å². The summed E-state index contributed by atoms with van der Waals surface area (Å²) in [5.41, 5.74) is -0.222. The lowest BCUT2D eigenvalue weighted by Gasteiger charge is -2.21. The van der Waals surface area contributed by atoms with Gasteiger partial charge in [0.2, 0.25) is 5.95 Å². The SMILES string of the molecule is CC(C)[C@H](CO)Nc1nc(NCc2ccc(Cl)cc2)cc(C(F)(F)F)n1. The average Bonchev–Trinajstić information content (AvgIpc) is 2.58. The van der Waals surface area contributed by atoms with Crippen LogP contribution in [-0.4, -0.2) is 27.7 Å². The summed E-state index contributed by atoms with van der Waals surface area (Å²) < 4.78 is 39.4. The Morgan fingerprint density at radius 1 is 1.15 bits per heavy atom. The topological polar surface area (TPSA) is 70.1 Å². The minimum atomic E-state index is -4.61. The molecule has 1 aromatic heterocycles. The Morgan fingerprint density at radius 2 is 1.81 bits per heavy atom. The van der Waals surface area contributed by atoms with Gasteiger partial charge in [0, 0.05) is 17.6 Å². The molecule has 5 nitrogen and oxygen atoms in total. The molecule has 0 radical (unpaired) electrons. The molecular weight excluding hydrogens is 369 g/mol. The van der Waals surface area contributed by atoms with Gasteiger partial charge >= 0.3 is 6.18 Å². The maximum Gasteiger partial charge on any atom is 0.433 e. The van der Waals surface area contributed by atoms with Crippen LogP contribution in [0.25, 0.3) is 0 Å². The Labute approximate surface area is 154 Å². The molecule has 0 saturated carbocycles. The van der Waals surface area contributed by atoms with Crippen molar-refractivity contribution in [1.29, 1.82) is 0 Å². The van der Waals surface area contributed by atoms with Gasteiger partial charge in [-0.25, -0.2) is 4.98 Å². The normalized spacial score (nSPS) is 12.9. The Balaban J connectivity index is 2.23. The number of aromatic nitrogens is 2. The molecule has 0 fully saturated rings. The fourth-order valence-electron chi connectivity index (χ4n) is 2.13. The lowest BCUT2D eigenvalue weighted by molar-refractivity contribution is -0.141. The Morgan fingerprint density at radius 3 is 2.35 bits per heavy atom. The lowest BCUT2D eigenvalue weighted by atomic mass is 10.1. The van der Waals surface area contributed by atoms with Crippen LogP contribution < -0.4 is 10.6 Å². The van der Waals surface area contributed by atoms with E-state index in [1.807, 2.05) is 13.8 Å². The highest BCUT2D eigenvalue weighted by atomic mass is 35.5. The van der Waals surface area contributed by atoms with Gasteiger partial charge in [0.15, 0.2) is 5.69 Å². The van der Waals surface area contributed by atoms with Gasteiger partial charge in [-0.15, -0.1) is 0 Å². The van der Waals surface area contributed by atoms with Crippen LogP contribution in [0.5, 0.6) is 0 Å². The predicted octanol–water partition coefficient (Wildman–Crippen LogP) is 4.19. The number of hydrogen-bond acceptors (Lipinski definition) is 5. The van der Waals surface area contributed by atoms with E-state index >= 15 is 0 Å². The van der Waals surface area contributed by atoms with Gasteiger partial charge in [0.25, 0.3) is 0 Å². The molecule has 1 aromatic carbocycles. The van der Waals surface area contributed by atoms with Gasteiger partial charge in [0.1, 0.15) is 5.82 Å². The zero-order valence-electron chi connectivity index (χ0n) is 14.3. The van der Waals surface area contributed by atoms with Crippen molar-refractivity contribution in [3.63, 3.8) is 0 Å². The summed E-state index contributed by atoms with van der Waals surface area (Å²) in [6.07, 6.45) is -4.61. The van der Waals surface area contributed by atoms with E-state index in [1.165, 1.54) is 0 Å². The summed E-state index contributed by atoms with van der Waals surface area (Å²) in [6.45, 7) is 3.70. The summed E-state index contributed by atoms with van der Waals surface area (Å²) >= 11 is 5.81. The number of hydrogen-bond donors (Lipinski definition) is 3. The van der Waals surface area contributed by atoms with Crippen LogP contribution in [0.4, 0.5) is 24.9 Å². The first-order valence-corrected chi connectivity index (χ1v) is 8.39. The molecule has 2 aromatic rings. The van der Waals surface area contributed by atoms with E-state index < -0.39 is 17.9 Å². The number of alkyl halides is 3.